The number of tetrazole rings is 1. The molecule has 16 heavy (non-hydrogen) atoms. The zero-order valence-corrected chi connectivity index (χ0v) is 10.3. The van der Waals surface area contributed by atoms with Gasteiger partial charge >= 0.3 is 0 Å². The minimum Gasteiger partial charge on any atom is -0.482 e. The summed E-state index contributed by atoms with van der Waals surface area (Å²) in [7, 11) is 0. The summed E-state index contributed by atoms with van der Waals surface area (Å²) in [6.07, 6.45) is 0.621. The van der Waals surface area contributed by atoms with Crippen LogP contribution < -0.4 is 4.74 Å². The largest absolute Gasteiger partial charge is 0.482 e. The summed E-state index contributed by atoms with van der Waals surface area (Å²) in [5.74, 6) is 1.37. The van der Waals surface area contributed by atoms with Crippen molar-refractivity contribution in [3.8, 4) is 5.75 Å². The number of nitrogens with zero attached hydrogens (tertiary/aromatic N) is 3. The number of aromatic nitrogens is 4. The number of nitrogens with one attached hydrogen (secondary N) is 1. The molecule has 6 heteroatoms. The molecule has 0 aliphatic carbocycles. The Bertz CT molecular complexity index is 429. The molecular formula is C10H11BrN4O. The van der Waals surface area contributed by atoms with E-state index in [-0.39, 0.29) is 6.10 Å². The van der Waals surface area contributed by atoms with Crippen LogP contribution in [0.4, 0.5) is 0 Å². The zero-order valence-electron chi connectivity index (χ0n) is 8.72. The number of aromatic amines is 1. The monoisotopic (exact) mass is 282 g/mol. The smallest absolute Gasteiger partial charge is 0.214 e. The molecule has 0 saturated heterocycles. The van der Waals surface area contributed by atoms with Gasteiger partial charge in [0.2, 0.25) is 5.82 Å². The van der Waals surface area contributed by atoms with E-state index in [4.69, 9.17) is 4.74 Å². The van der Waals surface area contributed by atoms with Gasteiger partial charge in [0.15, 0.2) is 6.10 Å². The van der Waals surface area contributed by atoms with Crippen molar-refractivity contribution in [2.45, 2.75) is 19.4 Å². The molecule has 0 fully saturated rings. The normalized spacial score (nSPS) is 12.4. The van der Waals surface area contributed by atoms with Crippen LogP contribution in [0.2, 0.25) is 0 Å². The Morgan fingerprint density at radius 3 is 2.69 bits per heavy atom. The van der Waals surface area contributed by atoms with Crippen LogP contribution in [0.15, 0.2) is 28.7 Å². The molecule has 0 bridgehead atoms. The average Bonchev–Trinajstić information content (AvgIpc) is 2.82. The van der Waals surface area contributed by atoms with E-state index in [2.05, 4.69) is 36.6 Å². The fraction of sp³-hybridized carbons (Fsp3) is 0.300. The number of benzene rings is 1. The molecular weight excluding hydrogens is 272 g/mol. The van der Waals surface area contributed by atoms with Gasteiger partial charge in [-0.15, -0.1) is 10.2 Å². The molecule has 0 amide bonds. The van der Waals surface area contributed by atoms with E-state index in [9.17, 15) is 0 Å². The Kier molecular flexibility index (Phi) is 3.51. The fourth-order valence-electron chi connectivity index (χ4n) is 1.30. The van der Waals surface area contributed by atoms with E-state index in [1.165, 1.54) is 0 Å². The van der Waals surface area contributed by atoms with Gasteiger partial charge in [-0.2, -0.15) is 5.21 Å². The van der Waals surface area contributed by atoms with Gasteiger partial charge in [0.1, 0.15) is 5.75 Å². The molecule has 1 aromatic heterocycles. The highest BCUT2D eigenvalue weighted by Crippen LogP contribution is 2.23. The maximum Gasteiger partial charge on any atom is 0.214 e. The van der Waals surface area contributed by atoms with Crippen LogP contribution in [-0.2, 0) is 0 Å². The minimum atomic E-state index is -0.167. The topological polar surface area (TPSA) is 63.7 Å². The van der Waals surface area contributed by atoms with Crippen molar-refractivity contribution in [3.63, 3.8) is 0 Å². The van der Waals surface area contributed by atoms with Crippen molar-refractivity contribution in [2.75, 3.05) is 0 Å². The van der Waals surface area contributed by atoms with Gasteiger partial charge in [0.05, 0.1) is 0 Å². The Balaban J connectivity index is 2.10. The molecule has 0 radical (unpaired) electrons. The Hall–Kier alpha value is -1.43. The van der Waals surface area contributed by atoms with Gasteiger partial charge < -0.3 is 4.74 Å². The van der Waals surface area contributed by atoms with Gasteiger partial charge in [-0.25, -0.2) is 0 Å². The van der Waals surface area contributed by atoms with Crippen LogP contribution in [0.5, 0.6) is 5.75 Å². The van der Waals surface area contributed by atoms with Crippen LogP contribution in [0.3, 0.4) is 0 Å². The zero-order chi connectivity index (χ0) is 11.4. The molecule has 0 aliphatic heterocycles. The number of rotatable bonds is 4. The molecule has 1 N–H and O–H groups in total. The van der Waals surface area contributed by atoms with E-state index < -0.39 is 0 Å². The summed E-state index contributed by atoms with van der Waals surface area (Å²) in [6, 6.07) is 7.65. The molecule has 1 atom stereocenters. The lowest BCUT2D eigenvalue weighted by Gasteiger charge is -2.13. The Morgan fingerprint density at radius 1 is 1.38 bits per heavy atom. The summed E-state index contributed by atoms with van der Waals surface area (Å²) in [4.78, 5) is 0. The Labute approximate surface area is 101 Å². The number of hydrogen-bond acceptors (Lipinski definition) is 4. The maximum absolute atomic E-state index is 5.76. The van der Waals surface area contributed by atoms with Gasteiger partial charge in [-0.05, 0) is 30.7 Å². The van der Waals surface area contributed by atoms with Crippen molar-refractivity contribution in [3.05, 3.63) is 34.6 Å². The predicted molar refractivity (Wildman–Crippen MR) is 62.0 cm³/mol. The van der Waals surface area contributed by atoms with Crippen LogP contribution in [0.1, 0.15) is 25.3 Å². The van der Waals surface area contributed by atoms with Crippen LogP contribution in [0.25, 0.3) is 0 Å². The lowest BCUT2D eigenvalue weighted by molar-refractivity contribution is 0.191. The second-order valence-electron chi connectivity index (χ2n) is 3.24. The first-order valence-corrected chi connectivity index (χ1v) is 5.74. The first-order chi connectivity index (χ1) is 7.79. The summed E-state index contributed by atoms with van der Waals surface area (Å²) < 4.78 is 6.78. The molecule has 1 heterocycles. The number of H-pyrrole nitrogens is 1. The quantitative estimate of drug-likeness (QED) is 0.936. The van der Waals surface area contributed by atoms with Crippen molar-refractivity contribution in [1.82, 2.24) is 20.6 Å². The fourth-order valence-corrected chi connectivity index (χ4v) is 1.57. The highest BCUT2D eigenvalue weighted by atomic mass is 79.9. The van der Waals surface area contributed by atoms with Crippen molar-refractivity contribution < 1.29 is 4.74 Å². The number of ether oxygens (including phenoxy) is 1. The molecule has 0 spiro atoms. The average molecular weight is 283 g/mol. The van der Waals surface area contributed by atoms with E-state index in [1.54, 1.807) is 0 Å². The van der Waals surface area contributed by atoms with Gasteiger partial charge in [-0.3, -0.25) is 0 Å². The highest BCUT2D eigenvalue weighted by Gasteiger charge is 2.15. The Morgan fingerprint density at radius 2 is 2.12 bits per heavy atom. The van der Waals surface area contributed by atoms with E-state index >= 15 is 0 Å². The first-order valence-electron chi connectivity index (χ1n) is 4.95. The molecule has 2 rings (SSSR count). The number of hydrogen-bond donors (Lipinski definition) is 1. The lowest BCUT2D eigenvalue weighted by atomic mass is 10.2. The molecule has 1 unspecified atom stereocenters. The van der Waals surface area contributed by atoms with Gasteiger partial charge in [0.25, 0.3) is 0 Å². The molecule has 1 aromatic carbocycles. The van der Waals surface area contributed by atoms with Crippen molar-refractivity contribution in [2.24, 2.45) is 0 Å². The van der Waals surface area contributed by atoms with Crippen molar-refractivity contribution >= 4 is 15.9 Å². The molecule has 0 saturated carbocycles. The summed E-state index contributed by atoms with van der Waals surface area (Å²) in [6.45, 7) is 2.01. The third kappa shape index (κ3) is 2.57. The van der Waals surface area contributed by atoms with E-state index in [1.807, 2.05) is 31.2 Å². The van der Waals surface area contributed by atoms with E-state index in [0.717, 1.165) is 16.6 Å². The SMILES string of the molecule is CCC(Oc1ccc(Br)cc1)c1nn[nH]n1. The third-order valence-corrected chi connectivity index (χ3v) is 2.64. The molecule has 0 aliphatic rings. The lowest BCUT2D eigenvalue weighted by Crippen LogP contribution is -2.08. The van der Waals surface area contributed by atoms with Crippen LogP contribution in [-0.4, -0.2) is 20.6 Å². The van der Waals surface area contributed by atoms with Crippen LogP contribution >= 0.6 is 15.9 Å². The van der Waals surface area contributed by atoms with Crippen LogP contribution in [0, 0.1) is 0 Å². The molecule has 84 valence electrons. The summed E-state index contributed by atoms with van der Waals surface area (Å²) >= 11 is 3.37. The minimum absolute atomic E-state index is 0.167. The van der Waals surface area contributed by atoms with Gasteiger partial charge in [0, 0.05) is 4.47 Å². The highest BCUT2D eigenvalue weighted by molar-refractivity contribution is 9.10. The van der Waals surface area contributed by atoms with E-state index in [0.29, 0.717) is 5.82 Å². The standard InChI is InChI=1S/C10H11BrN4O/c1-2-9(10-12-14-15-13-10)16-8-5-3-7(11)4-6-8/h3-6,9H,2H2,1H3,(H,12,13,14,15). The molecule has 2 aromatic rings. The first kappa shape index (κ1) is 11.1. The predicted octanol–water partition coefficient (Wildman–Crippen LogP) is 2.49. The van der Waals surface area contributed by atoms with Crippen molar-refractivity contribution in [1.29, 1.82) is 0 Å². The molecule has 5 nitrogen and oxygen atoms in total. The second kappa shape index (κ2) is 5.07. The summed E-state index contributed by atoms with van der Waals surface area (Å²) in [5, 5.41) is 13.8. The number of halogens is 1. The third-order valence-electron chi connectivity index (χ3n) is 2.11. The maximum atomic E-state index is 5.76. The second-order valence-corrected chi connectivity index (χ2v) is 4.15. The van der Waals surface area contributed by atoms with Gasteiger partial charge in [-0.1, -0.05) is 28.1 Å². The summed E-state index contributed by atoms with van der Waals surface area (Å²) in [5.41, 5.74) is 0.